The van der Waals surface area contributed by atoms with Crippen LogP contribution in [0.4, 0.5) is 11.4 Å². The quantitative estimate of drug-likeness (QED) is 0.762. The van der Waals surface area contributed by atoms with Gasteiger partial charge in [0.1, 0.15) is 0 Å². The van der Waals surface area contributed by atoms with Crippen LogP contribution in [0.3, 0.4) is 0 Å². The number of benzene rings is 1. The summed E-state index contributed by atoms with van der Waals surface area (Å²) in [4.78, 5) is 0. The Bertz CT molecular complexity index is 400. The number of nitrogens with zero attached hydrogens (tertiary/aromatic N) is 1. The summed E-state index contributed by atoms with van der Waals surface area (Å²) in [6, 6.07) is 7.44. The molecular weight excluding hydrogens is 198 g/mol. The molecule has 3 N–H and O–H groups in total. The lowest BCUT2D eigenvalue weighted by Crippen LogP contribution is -2.33. The highest BCUT2D eigenvalue weighted by molar-refractivity contribution is 5.69. The molecule has 0 saturated carbocycles. The third-order valence-corrected chi connectivity index (χ3v) is 3.18. The number of anilines is 2. The minimum Gasteiger partial charge on any atom is -0.397 e. The second-order valence-corrected chi connectivity index (χ2v) is 4.31. The molecular formula is C13H19N3. The molecule has 0 amide bonds. The Morgan fingerprint density at radius 1 is 1.38 bits per heavy atom. The molecule has 1 aromatic carbocycles. The van der Waals surface area contributed by atoms with Gasteiger partial charge in [-0.05, 0) is 38.0 Å². The first-order chi connectivity index (χ1) is 7.54. The molecule has 3 nitrogen and oxygen atoms in total. The van der Waals surface area contributed by atoms with Gasteiger partial charge in [-0.15, -0.1) is 0 Å². The van der Waals surface area contributed by atoms with Crippen LogP contribution in [-0.2, 0) is 0 Å². The van der Waals surface area contributed by atoms with Crippen LogP contribution in [0, 0.1) is 11.3 Å². The van der Waals surface area contributed by atoms with E-state index in [0.29, 0.717) is 11.3 Å². The van der Waals surface area contributed by atoms with Crippen molar-refractivity contribution in [2.75, 3.05) is 11.1 Å². The molecule has 0 unspecified atom stereocenters. The van der Waals surface area contributed by atoms with Crippen molar-refractivity contribution in [2.45, 2.75) is 39.2 Å². The average Bonchev–Trinajstić information content (AvgIpc) is 2.31. The van der Waals surface area contributed by atoms with Crippen molar-refractivity contribution in [3.8, 4) is 6.07 Å². The monoisotopic (exact) mass is 217 g/mol. The molecule has 0 aliphatic rings. The molecule has 0 fully saturated rings. The molecule has 1 rings (SSSR count). The fourth-order valence-electron chi connectivity index (χ4n) is 1.50. The van der Waals surface area contributed by atoms with Crippen LogP contribution in [-0.4, -0.2) is 5.54 Å². The molecule has 3 heteroatoms. The van der Waals surface area contributed by atoms with Crippen LogP contribution in [0.1, 0.15) is 39.2 Å². The number of nitrogen functional groups attached to an aromatic ring is 1. The molecule has 0 heterocycles. The fraction of sp³-hybridized carbons (Fsp3) is 0.462. The van der Waals surface area contributed by atoms with Gasteiger partial charge in [-0.1, -0.05) is 13.8 Å². The molecule has 1 aromatic rings. The third kappa shape index (κ3) is 2.66. The number of rotatable bonds is 4. The molecule has 86 valence electrons. The third-order valence-electron chi connectivity index (χ3n) is 3.18. The first kappa shape index (κ1) is 12.4. The Kier molecular flexibility index (Phi) is 3.78. The number of hydrogen-bond acceptors (Lipinski definition) is 3. The van der Waals surface area contributed by atoms with Crippen LogP contribution < -0.4 is 11.1 Å². The second kappa shape index (κ2) is 4.89. The first-order valence-electron chi connectivity index (χ1n) is 5.62. The van der Waals surface area contributed by atoms with E-state index in [-0.39, 0.29) is 5.54 Å². The van der Waals surface area contributed by atoms with E-state index in [1.165, 1.54) is 0 Å². The van der Waals surface area contributed by atoms with Crippen molar-refractivity contribution >= 4 is 11.4 Å². The van der Waals surface area contributed by atoms with E-state index in [4.69, 9.17) is 11.0 Å². The predicted octanol–water partition coefficient (Wildman–Crippen LogP) is 3.13. The lowest BCUT2D eigenvalue weighted by Gasteiger charge is -2.30. The second-order valence-electron chi connectivity index (χ2n) is 4.31. The fourth-order valence-corrected chi connectivity index (χ4v) is 1.50. The highest BCUT2D eigenvalue weighted by Gasteiger charge is 2.19. The zero-order chi connectivity index (χ0) is 12.2. The topological polar surface area (TPSA) is 61.8 Å². The lowest BCUT2D eigenvalue weighted by atomic mass is 9.95. The zero-order valence-electron chi connectivity index (χ0n) is 10.2. The van der Waals surface area contributed by atoms with E-state index in [9.17, 15) is 0 Å². The first-order valence-corrected chi connectivity index (χ1v) is 5.62. The molecule has 0 aliphatic carbocycles. The van der Waals surface area contributed by atoms with Gasteiger partial charge in [0.05, 0.1) is 23.0 Å². The van der Waals surface area contributed by atoms with E-state index in [1.54, 1.807) is 12.1 Å². The van der Waals surface area contributed by atoms with E-state index in [1.807, 2.05) is 6.07 Å². The van der Waals surface area contributed by atoms with Crippen LogP contribution in [0.5, 0.6) is 0 Å². The number of hydrogen-bond donors (Lipinski definition) is 2. The maximum absolute atomic E-state index is 8.75. The minimum atomic E-state index is 0.0578. The van der Waals surface area contributed by atoms with Crippen molar-refractivity contribution in [1.82, 2.24) is 0 Å². The SMILES string of the molecule is CCC(C)(CC)Nc1ccc(C#N)cc1N. The molecule has 0 radical (unpaired) electrons. The predicted molar refractivity (Wildman–Crippen MR) is 68.2 cm³/mol. The van der Waals surface area contributed by atoms with E-state index in [0.717, 1.165) is 18.5 Å². The maximum atomic E-state index is 8.75. The summed E-state index contributed by atoms with van der Waals surface area (Å²) in [6.07, 6.45) is 2.06. The molecule has 16 heavy (non-hydrogen) atoms. The van der Waals surface area contributed by atoms with Crippen LogP contribution in [0.2, 0.25) is 0 Å². The smallest absolute Gasteiger partial charge is 0.0992 e. The molecule has 0 bridgehead atoms. The zero-order valence-corrected chi connectivity index (χ0v) is 10.2. The number of nitrogens with two attached hydrogens (primary N) is 1. The minimum absolute atomic E-state index is 0.0578. The van der Waals surface area contributed by atoms with Crippen molar-refractivity contribution in [2.24, 2.45) is 0 Å². The van der Waals surface area contributed by atoms with E-state index < -0.39 is 0 Å². The van der Waals surface area contributed by atoms with Gasteiger partial charge in [0.25, 0.3) is 0 Å². The molecule has 0 aromatic heterocycles. The molecule has 0 saturated heterocycles. The van der Waals surface area contributed by atoms with Gasteiger partial charge < -0.3 is 11.1 Å². The van der Waals surface area contributed by atoms with Crippen molar-refractivity contribution < 1.29 is 0 Å². The maximum Gasteiger partial charge on any atom is 0.0992 e. The van der Waals surface area contributed by atoms with Crippen LogP contribution >= 0.6 is 0 Å². The van der Waals surface area contributed by atoms with Gasteiger partial charge in [-0.3, -0.25) is 0 Å². The summed E-state index contributed by atoms with van der Waals surface area (Å²) in [5.74, 6) is 0. The lowest BCUT2D eigenvalue weighted by molar-refractivity contribution is 0.479. The number of nitrogens with one attached hydrogen (secondary N) is 1. The summed E-state index contributed by atoms with van der Waals surface area (Å²) in [5.41, 5.74) is 8.09. The Balaban J connectivity index is 2.94. The summed E-state index contributed by atoms with van der Waals surface area (Å²) >= 11 is 0. The summed E-state index contributed by atoms with van der Waals surface area (Å²) in [6.45, 7) is 6.47. The van der Waals surface area contributed by atoms with E-state index in [2.05, 4.69) is 32.2 Å². The summed E-state index contributed by atoms with van der Waals surface area (Å²) in [7, 11) is 0. The Hall–Kier alpha value is -1.69. The van der Waals surface area contributed by atoms with Crippen molar-refractivity contribution in [1.29, 1.82) is 5.26 Å². The van der Waals surface area contributed by atoms with Gasteiger partial charge in [0.15, 0.2) is 0 Å². The van der Waals surface area contributed by atoms with Gasteiger partial charge >= 0.3 is 0 Å². The van der Waals surface area contributed by atoms with Gasteiger partial charge in [-0.25, -0.2) is 0 Å². The van der Waals surface area contributed by atoms with Crippen molar-refractivity contribution in [3.05, 3.63) is 23.8 Å². The highest BCUT2D eigenvalue weighted by atomic mass is 15.0. The Labute approximate surface area is 97.3 Å². The Morgan fingerprint density at radius 2 is 2.00 bits per heavy atom. The highest BCUT2D eigenvalue weighted by Crippen LogP contribution is 2.26. The summed E-state index contributed by atoms with van der Waals surface area (Å²) < 4.78 is 0. The molecule has 0 aliphatic heterocycles. The standard InChI is InChI=1S/C13H19N3/c1-4-13(3,5-2)16-12-7-6-10(9-14)8-11(12)15/h6-8,16H,4-5,15H2,1-3H3. The normalized spacial score (nSPS) is 10.9. The van der Waals surface area contributed by atoms with Gasteiger partial charge in [0.2, 0.25) is 0 Å². The van der Waals surface area contributed by atoms with Crippen LogP contribution in [0.25, 0.3) is 0 Å². The van der Waals surface area contributed by atoms with Gasteiger partial charge in [0, 0.05) is 5.54 Å². The van der Waals surface area contributed by atoms with E-state index >= 15 is 0 Å². The Morgan fingerprint density at radius 3 is 2.44 bits per heavy atom. The average molecular weight is 217 g/mol. The number of nitriles is 1. The van der Waals surface area contributed by atoms with Crippen LogP contribution in [0.15, 0.2) is 18.2 Å². The largest absolute Gasteiger partial charge is 0.397 e. The van der Waals surface area contributed by atoms with Crippen molar-refractivity contribution in [3.63, 3.8) is 0 Å². The van der Waals surface area contributed by atoms with Gasteiger partial charge in [-0.2, -0.15) is 5.26 Å². The molecule has 0 spiro atoms. The summed E-state index contributed by atoms with van der Waals surface area (Å²) in [5, 5.41) is 12.2. The molecule has 0 atom stereocenters.